The molecule has 1 aromatic heterocycles. The van der Waals surface area contributed by atoms with Gasteiger partial charge in [-0.3, -0.25) is 0 Å². The van der Waals surface area contributed by atoms with E-state index in [1.54, 1.807) is 0 Å². The zero-order valence-corrected chi connectivity index (χ0v) is 14.1. The molecular weight excluding hydrogens is 286 g/mol. The van der Waals surface area contributed by atoms with E-state index in [4.69, 9.17) is 9.84 Å². The number of methoxy groups -OCH3 is 1. The zero-order valence-electron chi connectivity index (χ0n) is 13.2. The van der Waals surface area contributed by atoms with Gasteiger partial charge >= 0.3 is 5.97 Å². The van der Waals surface area contributed by atoms with Crippen molar-refractivity contribution < 1.29 is 14.6 Å². The molecule has 116 valence electrons. The Morgan fingerprint density at radius 3 is 2.71 bits per heavy atom. The van der Waals surface area contributed by atoms with E-state index in [0.717, 1.165) is 4.88 Å². The van der Waals surface area contributed by atoms with Gasteiger partial charge in [0, 0.05) is 18.1 Å². The van der Waals surface area contributed by atoms with Gasteiger partial charge in [0.05, 0.1) is 17.7 Å². The highest BCUT2D eigenvalue weighted by molar-refractivity contribution is 7.15. The van der Waals surface area contributed by atoms with Gasteiger partial charge in [0.1, 0.15) is 4.88 Å². The number of ether oxygens (including phenoxy) is 1. The van der Waals surface area contributed by atoms with Crippen LogP contribution in [0.15, 0.2) is 6.07 Å². The van der Waals surface area contributed by atoms with Crippen LogP contribution in [0.1, 0.15) is 48.7 Å². The molecule has 0 aromatic carbocycles. The lowest BCUT2D eigenvalue weighted by Gasteiger charge is -2.13. The van der Waals surface area contributed by atoms with Crippen LogP contribution in [-0.4, -0.2) is 30.8 Å². The third-order valence-corrected chi connectivity index (χ3v) is 3.66. The fourth-order valence-electron chi connectivity index (χ4n) is 1.58. The zero-order chi connectivity index (χ0) is 16.0. The maximum atomic E-state index is 11.8. The lowest BCUT2D eigenvalue weighted by atomic mass is 9.98. The Hall–Kier alpha value is -1.51. The van der Waals surface area contributed by atoms with Gasteiger partial charge in [-0.05, 0) is 40.2 Å². The van der Waals surface area contributed by atoms with Crippen LogP contribution in [0.2, 0.25) is 0 Å². The van der Waals surface area contributed by atoms with E-state index in [1.807, 2.05) is 33.8 Å². The van der Waals surface area contributed by atoms with Gasteiger partial charge < -0.3 is 15.2 Å². The Balaban J connectivity index is 3.06. The number of nitrogens with one attached hydrogen (secondary N) is 1. The molecule has 1 atom stereocenters. The Kier molecular flexibility index (Phi) is 6.25. The molecule has 0 saturated carbocycles. The van der Waals surface area contributed by atoms with Crippen molar-refractivity contribution in [3.63, 3.8) is 0 Å². The van der Waals surface area contributed by atoms with Crippen molar-refractivity contribution in [2.45, 2.75) is 40.2 Å². The number of aliphatic hydroxyl groups excluding tert-OH is 1. The molecule has 0 amide bonds. The summed E-state index contributed by atoms with van der Waals surface area (Å²) in [4.78, 5) is 13.2. The molecule has 0 fully saturated rings. The molecule has 5 heteroatoms. The number of rotatable bonds is 5. The van der Waals surface area contributed by atoms with Gasteiger partial charge in [-0.2, -0.15) is 0 Å². The van der Waals surface area contributed by atoms with Gasteiger partial charge in [-0.1, -0.05) is 11.8 Å². The summed E-state index contributed by atoms with van der Waals surface area (Å²) in [5.74, 6) is 5.88. The minimum absolute atomic E-state index is 0.0661. The molecule has 0 saturated heterocycles. The summed E-state index contributed by atoms with van der Waals surface area (Å²) < 4.78 is 4.81. The molecule has 2 N–H and O–H groups in total. The van der Waals surface area contributed by atoms with Crippen LogP contribution in [-0.2, 0) is 4.74 Å². The Labute approximate surface area is 130 Å². The number of thiophene rings is 1. The molecule has 0 aliphatic rings. The lowest BCUT2D eigenvalue weighted by Crippen LogP contribution is -2.17. The summed E-state index contributed by atoms with van der Waals surface area (Å²) in [6.45, 7) is 8.17. The minimum atomic E-state index is -0.373. The molecule has 0 radical (unpaired) electrons. The quantitative estimate of drug-likeness (QED) is 0.648. The third kappa shape index (κ3) is 5.78. The van der Waals surface area contributed by atoms with E-state index < -0.39 is 0 Å². The first-order chi connectivity index (χ1) is 9.76. The number of hydrogen-bond donors (Lipinski definition) is 2. The smallest absolute Gasteiger partial charge is 0.350 e. The Bertz CT molecular complexity index is 546. The highest BCUT2D eigenvalue weighted by atomic mass is 32.1. The van der Waals surface area contributed by atoms with Crippen molar-refractivity contribution in [3.05, 3.63) is 15.8 Å². The first-order valence-corrected chi connectivity index (χ1v) is 7.71. The van der Waals surface area contributed by atoms with Crippen molar-refractivity contribution >= 4 is 23.0 Å². The molecule has 0 unspecified atom stereocenters. The van der Waals surface area contributed by atoms with Gasteiger partial charge in [0.2, 0.25) is 0 Å². The molecule has 1 heterocycles. The van der Waals surface area contributed by atoms with E-state index in [2.05, 4.69) is 17.2 Å². The average molecular weight is 309 g/mol. The summed E-state index contributed by atoms with van der Waals surface area (Å²) in [5, 5.41) is 12.2. The largest absolute Gasteiger partial charge is 0.465 e. The first-order valence-electron chi connectivity index (χ1n) is 6.89. The Morgan fingerprint density at radius 1 is 1.52 bits per heavy atom. The van der Waals surface area contributed by atoms with Crippen molar-refractivity contribution in [2.75, 3.05) is 19.0 Å². The number of carbonyl (C=O) groups is 1. The number of carbonyl (C=O) groups excluding carboxylic acids is 1. The SMILES string of the molecule is COC(=O)c1sc(C#CC(C)(C)C)cc1N[C@@H](C)CCO. The minimum Gasteiger partial charge on any atom is -0.465 e. The number of anilines is 1. The van der Waals surface area contributed by atoms with Crippen LogP contribution in [0.25, 0.3) is 0 Å². The summed E-state index contributed by atoms with van der Waals surface area (Å²) in [6.07, 6.45) is 0.611. The first kappa shape index (κ1) is 17.5. The summed E-state index contributed by atoms with van der Waals surface area (Å²) in [7, 11) is 1.36. The van der Waals surface area contributed by atoms with E-state index >= 15 is 0 Å². The summed E-state index contributed by atoms with van der Waals surface area (Å²) in [6, 6.07) is 1.93. The topological polar surface area (TPSA) is 58.6 Å². The van der Waals surface area contributed by atoms with E-state index in [1.165, 1.54) is 18.4 Å². The van der Waals surface area contributed by atoms with Crippen molar-refractivity contribution in [1.29, 1.82) is 0 Å². The van der Waals surface area contributed by atoms with E-state index in [9.17, 15) is 4.79 Å². The van der Waals surface area contributed by atoms with Crippen molar-refractivity contribution in [3.8, 4) is 11.8 Å². The maximum Gasteiger partial charge on any atom is 0.350 e. The molecule has 0 aliphatic heterocycles. The van der Waals surface area contributed by atoms with Gasteiger partial charge in [-0.15, -0.1) is 11.3 Å². The number of aliphatic hydroxyl groups is 1. The van der Waals surface area contributed by atoms with Crippen LogP contribution in [0, 0.1) is 17.3 Å². The molecule has 4 nitrogen and oxygen atoms in total. The second-order valence-electron chi connectivity index (χ2n) is 5.90. The standard InChI is InChI=1S/C16H23NO3S/c1-11(7-9-18)17-13-10-12(6-8-16(2,3)4)21-14(13)15(19)20-5/h10-11,17-18H,7,9H2,1-5H3/t11-/m0/s1. The maximum absolute atomic E-state index is 11.8. The van der Waals surface area contributed by atoms with Crippen LogP contribution in [0.4, 0.5) is 5.69 Å². The monoisotopic (exact) mass is 309 g/mol. The average Bonchev–Trinajstić information content (AvgIpc) is 2.78. The van der Waals surface area contributed by atoms with Crippen molar-refractivity contribution in [2.24, 2.45) is 5.41 Å². The second-order valence-corrected chi connectivity index (χ2v) is 6.95. The molecule has 0 spiro atoms. The van der Waals surface area contributed by atoms with Gasteiger partial charge in [0.25, 0.3) is 0 Å². The van der Waals surface area contributed by atoms with Crippen molar-refractivity contribution in [1.82, 2.24) is 0 Å². The predicted octanol–water partition coefficient (Wildman–Crippen LogP) is 3.12. The molecule has 21 heavy (non-hydrogen) atoms. The summed E-state index contributed by atoms with van der Waals surface area (Å²) >= 11 is 1.32. The fourth-order valence-corrected chi connectivity index (χ4v) is 2.48. The number of hydrogen-bond acceptors (Lipinski definition) is 5. The second kappa shape index (κ2) is 7.48. The highest BCUT2D eigenvalue weighted by Gasteiger charge is 2.18. The van der Waals surface area contributed by atoms with E-state index in [0.29, 0.717) is 17.0 Å². The normalized spacial score (nSPS) is 12.3. The van der Waals surface area contributed by atoms with Crippen LogP contribution >= 0.6 is 11.3 Å². The molecule has 0 aliphatic carbocycles. The Morgan fingerprint density at radius 2 is 2.19 bits per heavy atom. The highest BCUT2D eigenvalue weighted by Crippen LogP contribution is 2.28. The molecule has 0 bridgehead atoms. The van der Waals surface area contributed by atoms with Gasteiger partial charge in [-0.25, -0.2) is 4.79 Å². The molecule has 1 aromatic rings. The van der Waals surface area contributed by atoms with Crippen LogP contribution < -0.4 is 5.32 Å². The summed E-state index contributed by atoms with van der Waals surface area (Å²) in [5.41, 5.74) is 0.624. The molecule has 1 rings (SSSR count). The van der Waals surface area contributed by atoms with E-state index in [-0.39, 0.29) is 24.0 Å². The van der Waals surface area contributed by atoms with Gasteiger partial charge in [0.15, 0.2) is 0 Å². The lowest BCUT2D eigenvalue weighted by molar-refractivity contribution is 0.0607. The van der Waals surface area contributed by atoms with Crippen LogP contribution in [0.3, 0.4) is 0 Å². The number of esters is 1. The third-order valence-electron chi connectivity index (χ3n) is 2.63. The molecular formula is C16H23NO3S. The predicted molar refractivity (Wildman–Crippen MR) is 86.8 cm³/mol. The fraction of sp³-hybridized carbons (Fsp3) is 0.562. The van der Waals surface area contributed by atoms with Crippen LogP contribution in [0.5, 0.6) is 0 Å².